The van der Waals surface area contributed by atoms with Gasteiger partial charge in [-0.3, -0.25) is 0 Å². The molecule has 0 amide bonds. The maximum absolute atomic E-state index is 3.76. The minimum atomic E-state index is 0.593. The van der Waals surface area contributed by atoms with Crippen molar-refractivity contribution in [1.29, 1.82) is 0 Å². The monoisotopic (exact) mass is 178 g/mol. The van der Waals surface area contributed by atoms with Gasteiger partial charge in [-0.2, -0.15) is 0 Å². The molecule has 0 aliphatic rings. The Morgan fingerprint density at radius 1 is 1.42 bits per heavy atom. The molecule has 1 atom stereocenters. The van der Waals surface area contributed by atoms with Crippen molar-refractivity contribution in [2.75, 3.05) is 5.75 Å². The Hall–Kier alpha value is -0.690. The topological polar surface area (TPSA) is 0 Å². The smallest absolute Gasteiger partial charge is 0.00721 e. The highest BCUT2D eigenvalue weighted by Gasteiger charge is 1.96. The van der Waals surface area contributed by atoms with Gasteiger partial charge in [0.05, 0.1) is 0 Å². The zero-order valence-corrected chi connectivity index (χ0v) is 8.18. The summed E-state index contributed by atoms with van der Waals surface area (Å²) < 4.78 is 0. The molecule has 0 aromatic heterocycles. The first-order chi connectivity index (χ1) is 5.83. The Bertz CT molecular complexity index is 228. The molecule has 0 aliphatic carbocycles. The molecule has 0 heterocycles. The lowest BCUT2D eigenvalue weighted by molar-refractivity contribution is 0.849. The Morgan fingerprint density at radius 2 is 2.08 bits per heavy atom. The Morgan fingerprint density at radius 3 is 2.67 bits per heavy atom. The zero-order chi connectivity index (χ0) is 8.81. The first-order valence-corrected chi connectivity index (χ1v) is 5.12. The van der Waals surface area contributed by atoms with Crippen LogP contribution in [0.3, 0.4) is 0 Å². The molecule has 0 saturated heterocycles. The van der Waals surface area contributed by atoms with Crippen LogP contribution in [0.4, 0.5) is 0 Å². The van der Waals surface area contributed by atoms with E-state index in [0.29, 0.717) is 5.92 Å². The molecule has 1 aromatic rings. The average molecular weight is 178 g/mol. The normalized spacial score (nSPS) is 12.4. The molecule has 0 aliphatic heterocycles. The van der Waals surface area contributed by atoms with Crippen molar-refractivity contribution < 1.29 is 0 Å². The van der Waals surface area contributed by atoms with Gasteiger partial charge in [-0.15, -0.1) is 18.3 Å². The van der Waals surface area contributed by atoms with Crippen LogP contribution in [0, 0.1) is 5.92 Å². The molecular weight excluding hydrogens is 164 g/mol. The van der Waals surface area contributed by atoms with Crippen molar-refractivity contribution in [1.82, 2.24) is 0 Å². The molecule has 0 spiro atoms. The van der Waals surface area contributed by atoms with Crippen LogP contribution >= 0.6 is 11.8 Å². The van der Waals surface area contributed by atoms with Crippen molar-refractivity contribution in [3.05, 3.63) is 43.0 Å². The van der Waals surface area contributed by atoms with Crippen LogP contribution in [0.1, 0.15) is 6.92 Å². The summed E-state index contributed by atoms with van der Waals surface area (Å²) in [7, 11) is 0. The second-order valence-electron chi connectivity index (χ2n) is 2.84. The van der Waals surface area contributed by atoms with Crippen molar-refractivity contribution in [2.45, 2.75) is 11.8 Å². The summed E-state index contributed by atoms with van der Waals surface area (Å²) in [6.45, 7) is 5.94. The number of rotatable bonds is 4. The van der Waals surface area contributed by atoms with Gasteiger partial charge in [0, 0.05) is 10.6 Å². The quantitative estimate of drug-likeness (QED) is 0.501. The van der Waals surface area contributed by atoms with Gasteiger partial charge >= 0.3 is 0 Å². The highest BCUT2D eigenvalue weighted by atomic mass is 32.2. The second-order valence-corrected chi connectivity index (χ2v) is 3.93. The third kappa shape index (κ3) is 3.14. The molecule has 0 N–H and O–H groups in total. The summed E-state index contributed by atoms with van der Waals surface area (Å²) in [5, 5.41) is 0. The van der Waals surface area contributed by atoms with Crippen molar-refractivity contribution in [2.24, 2.45) is 5.92 Å². The van der Waals surface area contributed by atoms with Gasteiger partial charge in [0.15, 0.2) is 0 Å². The standard InChI is InChI=1S/C11H14S/c1-3-10(2)9-12-11-7-5-4-6-8-11/h3-8,10H,1,9H2,2H3/t10-/m0/s1. The molecule has 0 bridgehead atoms. The largest absolute Gasteiger partial charge is 0.126 e. The van der Waals surface area contributed by atoms with Crippen molar-refractivity contribution in [3.8, 4) is 0 Å². The predicted octanol–water partition coefficient (Wildman–Crippen LogP) is 3.60. The van der Waals surface area contributed by atoms with Crippen LogP contribution in [0.2, 0.25) is 0 Å². The van der Waals surface area contributed by atoms with Gasteiger partial charge in [0.1, 0.15) is 0 Å². The SMILES string of the molecule is C=C[C@H](C)CSc1ccccc1. The van der Waals surface area contributed by atoms with E-state index in [-0.39, 0.29) is 0 Å². The van der Waals surface area contributed by atoms with E-state index in [4.69, 9.17) is 0 Å². The van der Waals surface area contributed by atoms with Gasteiger partial charge in [0.2, 0.25) is 0 Å². The number of hydrogen-bond donors (Lipinski definition) is 0. The van der Waals surface area contributed by atoms with Gasteiger partial charge in [-0.25, -0.2) is 0 Å². The number of hydrogen-bond acceptors (Lipinski definition) is 1. The minimum Gasteiger partial charge on any atom is -0.126 e. The van der Waals surface area contributed by atoms with Crippen LogP contribution in [0.5, 0.6) is 0 Å². The summed E-state index contributed by atoms with van der Waals surface area (Å²) in [4.78, 5) is 1.34. The van der Waals surface area contributed by atoms with E-state index in [1.165, 1.54) is 4.90 Å². The number of allylic oxidation sites excluding steroid dienone is 1. The molecule has 12 heavy (non-hydrogen) atoms. The molecule has 0 radical (unpaired) electrons. The predicted molar refractivity (Wildman–Crippen MR) is 56.5 cm³/mol. The van der Waals surface area contributed by atoms with Crippen LogP contribution in [-0.2, 0) is 0 Å². The van der Waals surface area contributed by atoms with Gasteiger partial charge in [-0.1, -0.05) is 31.2 Å². The van der Waals surface area contributed by atoms with E-state index in [1.54, 1.807) is 0 Å². The molecule has 0 unspecified atom stereocenters. The summed E-state index contributed by atoms with van der Waals surface area (Å²) >= 11 is 1.88. The molecule has 0 nitrogen and oxygen atoms in total. The lowest BCUT2D eigenvalue weighted by Crippen LogP contribution is -1.91. The second kappa shape index (κ2) is 5.04. The number of benzene rings is 1. The highest BCUT2D eigenvalue weighted by molar-refractivity contribution is 7.99. The summed E-state index contributed by atoms with van der Waals surface area (Å²) in [6, 6.07) is 10.5. The van der Waals surface area contributed by atoms with Crippen LogP contribution in [0.15, 0.2) is 47.9 Å². The van der Waals surface area contributed by atoms with Crippen molar-refractivity contribution >= 4 is 11.8 Å². The Balaban J connectivity index is 2.38. The minimum absolute atomic E-state index is 0.593. The third-order valence-electron chi connectivity index (χ3n) is 1.66. The molecular formula is C11H14S. The first kappa shape index (κ1) is 9.40. The lowest BCUT2D eigenvalue weighted by atomic mass is 10.2. The van der Waals surface area contributed by atoms with Gasteiger partial charge < -0.3 is 0 Å². The molecule has 1 heteroatoms. The first-order valence-electron chi connectivity index (χ1n) is 4.13. The molecule has 64 valence electrons. The maximum Gasteiger partial charge on any atom is 0.00721 e. The molecule has 0 fully saturated rings. The van der Waals surface area contributed by atoms with Crippen molar-refractivity contribution in [3.63, 3.8) is 0 Å². The van der Waals surface area contributed by atoms with E-state index in [0.717, 1.165) is 5.75 Å². The van der Waals surface area contributed by atoms with E-state index >= 15 is 0 Å². The lowest BCUT2D eigenvalue weighted by Gasteiger charge is -2.04. The average Bonchev–Trinajstić information content (AvgIpc) is 2.16. The van der Waals surface area contributed by atoms with Gasteiger partial charge in [-0.05, 0) is 18.1 Å². The fraction of sp³-hybridized carbons (Fsp3) is 0.273. The third-order valence-corrected chi connectivity index (χ3v) is 2.96. The summed E-state index contributed by atoms with van der Waals surface area (Å²) in [6.07, 6.45) is 2.00. The van der Waals surface area contributed by atoms with Crippen LogP contribution < -0.4 is 0 Å². The van der Waals surface area contributed by atoms with Crippen LogP contribution in [0.25, 0.3) is 0 Å². The maximum atomic E-state index is 3.76. The zero-order valence-electron chi connectivity index (χ0n) is 7.36. The highest BCUT2D eigenvalue weighted by Crippen LogP contribution is 2.19. The fourth-order valence-electron chi connectivity index (χ4n) is 0.812. The van der Waals surface area contributed by atoms with E-state index in [2.05, 4.69) is 37.8 Å². The Kier molecular flexibility index (Phi) is 3.95. The summed E-state index contributed by atoms with van der Waals surface area (Å²) in [5.41, 5.74) is 0. The molecule has 0 saturated carbocycles. The van der Waals surface area contributed by atoms with Crippen LogP contribution in [-0.4, -0.2) is 5.75 Å². The van der Waals surface area contributed by atoms with E-state index in [9.17, 15) is 0 Å². The van der Waals surface area contributed by atoms with Gasteiger partial charge in [0.25, 0.3) is 0 Å². The summed E-state index contributed by atoms with van der Waals surface area (Å²) in [5.74, 6) is 1.71. The number of thioether (sulfide) groups is 1. The molecule has 1 rings (SSSR count). The molecule has 1 aromatic carbocycles. The van der Waals surface area contributed by atoms with E-state index < -0.39 is 0 Å². The fourth-order valence-corrected chi connectivity index (χ4v) is 1.75. The van der Waals surface area contributed by atoms with E-state index in [1.807, 2.05) is 23.9 Å². The Labute approximate surface area is 78.7 Å².